The van der Waals surface area contributed by atoms with Crippen molar-refractivity contribution in [3.05, 3.63) is 12.2 Å². The lowest BCUT2D eigenvalue weighted by Crippen LogP contribution is -2.43. The highest BCUT2D eigenvalue weighted by Gasteiger charge is 2.59. The number of hydrogen-bond donors (Lipinski definition) is 0. The molecule has 14 heavy (non-hydrogen) atoms. The zero-order chi connectivity index (χ0) is 10.6. The Morgan fingerprint density at radius 2 is 1.93 bits per heavy atom. The number of rotatable bonds is 1. The van der Waals surface area contributed by atoms with Crippen LogP contribution in [0.2, 0.25) is 0 Å². The standard InChI is InChI=1S/C12H16O2/c1-8(2)12-5-4-9(13)11(3,6-7-12)10(12)14/h4-5,8H,6-7H2,1-3H3. The van der Waals surface area contributed by atoms with E-state index in [4.69, 9.17) is 0 Å². The molecule has 76 valence electrons. The van der Waals surface area contributed by atoms with Gasteiger partial charge in [-0.25, -0.2) is 0 Å². The van der Waals surface area contributed by atoms with Crippen LogP contribution >= 0.6 is 0 Å². The first kappa shape index (κ1) is 9.63. The summed E-state index contributed by atoms with van der Waals surface area (Å²) in [5.41, 5.74) is -1.05. The van der Waals surface area contributed by atoms with Crippen LogP contribution in [0, 0.1) is 16.7 Å². The topological polar surface area (TPSA) is 34.1 Å². The minimum absolute atomic E-state index is 0.00345. The van der Waals surface area contributed by atoms with E-state index in [0.717, 1.165) is 12.8 Å². The highest BCUT2D eigenvalue weighted by Crippen LogP contribution is 2.54. The summed E-state index contributed by atoms with van der Waals surface area (Å²) in [4.78, 5) is 23.9. The van der Waals surface area contributed by atoms with Gasteiger partial charge in [0.2, 0.25) is 0 Å². The Kier molecular flexibility index (Phi) is 1.76. The molecule has 1 fully saturated rings. The Morgan fingerprint density at radius 1 is 1.29 bits per heavy atom. The third kappa shape index (κ3) is 0.865. The molecule has 2 unspecified atom stereocenters. The number of ketones is 2. The van der Waals surface area contributed by atoms with E-state index in [1.165, 1.54) is 0 Å². The zero-order valence-electron chi connectivity index (χ0n) is 8.96. The summed E-state index contributed by atoms with van der Waals surface area (Å²) in [6.45, 7) is 5.92. The number of fused-ring (bicyclic) bond motifs is 2. The fraction of sp³-hybridized carbons (Fsp3) is 0.667. The molecule has 0 N–H and O–H groups in total. The third-order valence-corrected chi connectivity index (χ3v) is 4.07. The Balaban J connectivity index is 2.56. The van der Waals surface area contributed by atoms with Gasteiger partial charge in [0.15, 0.2) is 11.6 Å². The molecule has 0 aromatic heterocycles. The predicted octanol–water partition coefficient (Wildman–Crippen LogP) is 2.14. The third-order valence-electron chi connectivity index (χ3n) is 4.07. The zero-order valence-corrected chi connectivity index (χ0v) is 8.96. The van der Waals surface area contributed by atoms with Crippen LogP contribution < -0.4 is 0 Å². The molecule has 0 aliphatic heterocycles. The van der Waals surface area contributed by atoms with Crippen LogP contribution in [0.5, 0.6) is 0 Å². The van der Waals surface area contributed by atoms with Crippen molar-refractivity contribution in [3.63, 3.8) is 0 Å². The van der Waals surface area contributed by atoms with E-state index in [-0.39, 0.29) is 17.0 Å². The van der Waals surface area contributed by atoms with E-state index in [0.29, 0.717) is 5.92 Å². The lowest BCUT2D eigenvalue weighted by Gasteiger charge is -2.33. The van der Waals surface area contributed by atoms with Crippen LogP contribution in [0.1, 0.15) is 33.6 Å². The Hall–Kier alpha value is -0.920. The second-order valence-corrected chi connectivity index (χ2v) is 5.05. The maximum absolute atomic E-state index is 12.2. The predicted molar refractivity (Wildman–Crippen MR) is 53.8 cm³/mol. The molecule has 0 spiro atoms. The van der Waals surface area contributed by atoms with Crippen molar-refractivity contribution in [1.29, 1.82) is 0 Å². The van der Waals surface area contributed by atoms with E-state index in [1.54, 1.807) is 13.0 Å². The van der Waals surface area contributed by atoms with Crippen molar-refractivity contribution in [2.24, 2.45) is 16.7 Å². The van der Waals surface area contributed by atoms with Crippen LogP contribution in [-0.2, 0) is 9.59 Å². The molecular weight excluding hydrogens is 176 g/mol. The quantitative estimate of drug-likeness (QED) is 0.596. The molecule has 2 rings (SSSR count). The second kappa shape index (κ2) is 2.56. The second-order valence-electron chi connectivity index (χ2n) is 5.05. The van der Waals surface area contributed by atoms with Crippen LogP contribution in [-0.4, -0.2) is 11.6 Å². The average Bonchev–Trinajstić information content (AvgIpc) is 2.29. The minimum Gasteiger partial charge on any atom is -0.298 e. The number of carbonyl (C=O) groups excluding carboxylic acids is 2. The van der Waals surface area contributed by atoms with Crippen LogP contribution in [0.15, 0.2) is 12.2 Å². The summed E-state index contributed by atoms with van der Waals surface area (Å²) in [5.74, 6) is 0.435. The van der Waals surface area contributed by atoms with Crippen LogP contribution in [0.25, 0.3) is 0 Å². The van der Waals surface area contributed by atoms with Crippen molar-refractivity contribution in [3.8, 4) is 0 Å². The summed E-state index contributed by atoms with van der Waals surface area (Å²) >= 11 is 0. The molecule has 2 bridgehead atoms. The highest BCUT2D eigenvalue weighted by molar-refractivity contribution is 6.17. The van der Waals surface area contributed by atoms with Gasteiger partial charge < -0.3 is 0 Å². The van der Waals surface area contributed by atoms with Crippen LogP contribution in [0.3, 0.4) is 0 Å². The molecule has 0 aromatic carbocycles. The summed E-state index contributed by atoms with van der Waals surface area (Å²) in [7, 11) is 0. The van der Waals surface area contributed by atoms with Gasteiger partial charge in [-0.2, -0.15) is 0 Å². The molecule has 2 aliphatic carbocycles. The summed E-state index contributed by atoms with van der Waals surface area (Å²) in [5, 5.41) is 0. The molecule has 0 aromatic rings. The lowest BCUT2D eigenvalue weighted by atomic mass is 9.67. The first-order valence-corrected chi connectivity index (χ1v) is 5.22. The van der Waals surface area contributed by atoms with E-state index < -0.39 is 5.41 Å². The Bertz CT molecular complexity index is 340. The maximum atomic E-state index is 12.2. The highest BCUT2D eigenvalue weighted by atomic mass is 16.2. The fourth-order valence-corrected chi connectivity index (χ4v) is 2.74. The van der Waals surface area contributed by atoms with Crippen LogP contribution in [0.4, 0.5) is 0 Å². The van der Waals surface area contributed by atoms with Gasteiger partial charge in [-0.05, 0) is 31.8 Å². The number of carbonyl (C=O) groups is 2. The SMILES string of the molecule is CC(C)C12C=CC(=O)C(C)(CC1)C2=O. The number of allylic oxidation sites excluding steroid dienone is 2. The van der Waals surface area contributed by atoms with E-state index >= 15 is 0 Å². The molecule has 0 heterocycles. The van der Waals surface area contributed by atoms with Gasteiger partial charge in [0.25, 0.3) is 0 Å². The van der Waals surface area contributed by atoms with Gasteiger partial charge in [0.1, 0.15) is 0 Å². The van der Waals surface area contributed by atoms with Gasteiger partial charge in [-0.3, -0.25) is 9.59 Å². The molecule has 2 aliphatic rings. The molecule has 2 heteroatoms. The monoisotopic (exact) mass is 192 g/mol. The van der Waals surface area contributed by atoms with Gasteiger partial charge in [0.05, 0.1) is 10.8 Å². The minimum atomic E-state index is -0.709. The first-order valence-electron chi connectivity index (χ1n) is 5.22. The molecular formula is C12H16O2. The maximum Gasteiger partial charge on any atom is 0.168 e. The van der Waals surface area contributed by atoms with Gasteiger partial charge >= 0.3 is 0 Å². The lowest BCUT2D eigenvalue weighted by molar-refractivity contribution is -0.140. The molecule has 0 radical (unpaired) electrons. The van der Waals surface area contributed by atoms with Crippen molar-refractivity contribution in [1.82, 2.24) is 0 Å². The number of Topliss-reactive ketones (excluding diaryl/α,β-unsaturated/α-hetero) is 1. The normalized spacial score (nSPS) is 41.1. The molecule has 2 nitrogen and oxygen atoms in total. The largest absolute Gasteiger partial charge is 0.298 e. The van der Waals surface area contributed by atoms with Gasteiger partial charge in [0, 0.05) is 0 Å². The number of hydrogen-bond acceptors (Lipinski definition) is 2. The summed E-state index contributed by atoms with van der Waals surface area (Å²) in [6, 6.07) is 0. The average molecular weight is 192 g/mol. The summed E-state index contributed by atoms with van der Waals surface area (Å²) in [6.07, 6.45) is 5.02. The first-order chi connectivity index (χ1) is 6.43. The Labute approximate surface area is 84.4 Å². The van der Waals surface area contributed by atoms with E-state index in [9.17, 15) is 9.59 Å². The van der Waals surface area contributed by atoms with E-state index in [1.807, 2.05) is 6.08 Å². The smallest absolute Gasteiger partial charge is 0.168 e. The van der Waals surface area contributed by atoms with Crippen molar-refractivity contribution >= 4 is 11.6 Å². The molecule has 0 saturated heterocycles. The fourth-order valence-electron chi connectivity index (χ4n) is 2.74. The molecule has 2 atom stereocenters. The van der Waals surface area contributed by atoms with E-state index in [2.05, 4.69) is 13.8 Å². The summed E-state index contributed by atoms with van der Waals surface area (Å²) < 4.78 is 0. The van der Waals surface area contributed by atoms with Gasteiger partial charge in [-0.15, -0.1) is 0 Å². The Morgan fingerprint density at radius 3 is 2.50 bits per heavy atom. The van der Waals surface area contributed by atoms with Gasteiger partial charge in [-0.1, -0.05) is 19.9 Å². The van der Waals surface area contributed by atoms with Crippen molar-refractivity contribution < 1.29 is 9.59 Å². The van der Waals surface area contributed by atoms with Crippen molar-refractivity contribution in [2.45, 2.75) is 33.6 Å². The van der Waals surface area contributed by atoms with Crippen molar-refractivity contribution in [2.75, 3.05) is 0 Å². The molecule has 0 amide bonds. The molecule has 1 saturated carbocycles.